The molecule has 10 heavy (non-hydrogen) atoms. The smallest absolute Gasteiger partial charge is 0.0566 e. The molecular formula is C8H12N2. The summed E-state index contributed by atoms with van der Waals surface area (Å²) in [5.41, 5.74) is 2.27. The number of hydrogen-bond donors (Lipinski definition) is 1. The molecule has 0 aromatic rings. The molecule has 1 aliphatic rings. The van der Waals surface area contributed by atoms with E-state index in [1.807, 2.05) is 6.08 Å². The van der Waals surface area contributed by atoms with Crippen molar-refractivity contribution in [3.63, 3.8) is 0 Å². The summed E-state index contributed by atoms with van der Waals surface area (Å²) in [6.07, 6.45) is 2.89. The van der Waals surface area contributed by atoms with Crippen LogP contribution in [0.5, 0.6) is 0 Å². The summed E-state index contributed by atoms with van der Waals surface area (Å²) in [6.45, 7) is 9.06. The summed E-state index contributed by atoms with van der Waals surface area (Å²) >= 11 is 0. The molecule has 0 aromatic heterocycles. The Bertz CT molecular complexity index is 160. The van der Waals surface area contributed by atoms with Crippen molar-refractivity contribution in [2.75, 3.05) is 13.1 Å². The lowest BCUT2D eigenvalue weighted by molar-refractivity contribution is 0.682. The van der Waals surface area contributed by atoms with Gasteiger partial charge in [0.15, 0.2) is 0 Å². The third-order valence-corrected chi connectivity index (χ3v) is 1.67. The number of nitrogens with zero attached hydrogens (tertiary/aromatic N) is 1. The molecule has 0 aromatic carbocycles. The van der Waals surface area contributed by atoms with Gasteiger partial charge in [0.25, 0.3) is 0 Å². The largest absolute Gasteiger partial charge is 0.311 e. The molecule has 0 saturated carbocycles. The lowest BCUT2D eigenvalue weighted by Gasteiger charge is -2.14. The van der Waals surface area contributed by atoms with Gasteiger partial charge in [0, 0.05) is 6.54 Å². The summed E-state index contributed by atoms with van der Waals surface area (Å²) in [5, 5.41) is 3.21. The summed E-state index contributed by atoms with van der Waals surface area (Å²) in [5.74, 6) is 0. The van der Waals surface area contributed by atoms with Crippen LogP contribution in [0.15, 0.2) is 28.9 Å². The van der Waals surface area contributed by atoms with Gasteiger partial charge in [0.1, 0.15) is 0 Å². The van der Waals surface area contributed by atoms with Gasteiger partial charge in [-0.3, -0.25) is 4.99 Å². The number of nitrogens with one attached hydrogen (secondary N) is 1. The Labute approximate surface area is 61.4 Å². The van der Waals surface area contributed by atoms with E-state index < -0.39 is 0 Å². The summed E-state index contributed by atoms with van der Waals surface area (Å²) < 4.78 is 0. The zero-order valence-corrected chi connectivity index (χ0v) is 6.06. The first-order chi connectivity index (χ1) is 4.88. The topological polar surface area (TPSA) is 24.4 Å². The van der Waals surface area contributed by atoms with Crippen LogP contribution >= 0.6 is 0 Å². The van der Waals surface area contributed by atoms with Crippen LogP contribution in [-0.4, -0.2) is 19.8 Å². The molecule has 0 radical (unpaired) electrons. The Balaban J connectivity index is 2.81. The standard InChI is InChI=1S/C8H12N2/c1-3-7-4-5-10-6-8(7)9-2/h3,10H,1-2,4-6H2. The second-order valence-corrected chi connectivity index (χ2v) is 2.26. The van der Waals surface area contributed by atoms with E-state index in [9.17, 15) is 0 Å². The first-order valence-electron chi connectivity index (χ1n) is 3.40. The van der Waals surface area contributed by atoms with E-state index >= 15 is 0 Å². The average Bonchev–Trinajstić information content (AvgIpc) is 2.04. The molecule has 0 spiro atoms. The summed E-state index contributed by atoms with van der Waals surface area (Å²) in [7, 11) is 0. The Morgan fingerprint density at radius 2 is 2.40 bits per heavy atom. The van der Waals surface area contributed by atoms with Gasteiger partial charge in [-0.15, -0.1) is 0 Å². The molecule has 1 aliphatic heterocycles. The molecule has 1 heterocycles. The monoisotopic (exact) mass is 136 g/mol. The minimum atomic E-state index is 0.838. The second kappa shape index (κ2) is 3.32. The van der Waals surface area contributed by atoms with Crippen LogP contribution in [0.3, 0.4) is 0 Å². The van der Waals surface area contributed by atoms with Gasteiger partial charge in [-0.25, -0.2) is 0 Å². The van der Waals surface area contributed by atoms with Gasteiger partial charge in [0.05, 0.1) is 5.70 Å². The summed E-state index contributed by atoms with van der Waals surface area (Å²) in [4.78, 5) is 3.90. The lowest BCUT2D eigenvalue weighted by Crippen LogP contribution is -2.23. The number of aliphatic imine (C=N–C) groups is 1. The second-order valence-electron chi connectivity index (χ2n) is 2.26. The van der Waals surface area contributed by atoms with Gasteiger partial charge >= 0.3 is 0 Å². The molecule has 0 atom stereocenters. The van der Waals surface area contributed by atoms with Crippen molar-refractivity contribution in [1.82, 2.24) is 5.32 Å². The third kappa shape index (κ3) is 1.33. The maximum atomic E-state index is 3.90. The number of hydrogen-bond acceptors (Lipinski definition) is 2. The van der Waals surface area contributed by atoms with E-state index in [1.165, 1.54) is 5.57 Å². The predicted molar refractivity (Wildman–Crippen MR) is 44.3 cm³/mol. The van der Waals surface area contributed by atoms with Crippen molar-refractivity contribution in [2.45, 2.75) is 6.42 Å². The normalized spacial score (nSPS) is 18.8. The Morgan fingerprint density at radius 1 is 1.60 bits per heavy atom. The molecule has 2 nitrogen and oxygen atoms in total. The van der Waals surface area contributed by atoms with Crippen LogP contribution in [0.1, 0.15) is 6.42 Å². The van der Waals surface area contributed by atoms with E-state index in [-0.39, 0.29) is 0 Å². The van der Waals surface area contributed by atoms with E-state index in [1.54, 1.807) is 0 Å². The van der Waals surface area contributed by atoms with Crippen LogP contribution in [0.25, 0.3) is 0 Å². The van der Waals surface area contributed by atoms with Crippen molar-refractivity contribution in [1.29, 1.82) is 0 Å². The highest BCUT2D eigenvalue weighted by Gasteiger charge is 2.06. The first kappa shape index (κ1) is 7.22. The molecule has 2 heteroatoms. The molecule has 0 saturated heterocycles. The highest BCUT2D eigenvalue weighted by molar-refractivity contribution is 5.35. The number of rotatable bonds is 2. The highest BCUT2D eigenvalue weighted by Crippen LogP contribution is 2.13. The molecular weight excluding hydrogens is 124 g/mol. The fourth-order valence-electron chi connectivity index (χ4n) is 1.06. The van der Waals surface area contributed by atoms with Gasteiger partial charge in [0.2, 0.25) is 0 Å². The lowest BCUT2D eigenvalue weighted by atomic mass is 10.1. The molecule has 0 amide bonds. The van der Waals surface area contributed by atoms with Crippen LogP contribution in [0.4, 0.5) is 0 Å². The fraction of sp³-hybridized carbons (Fsp3) is 0.375. The van der Waals surface area contributed by atoms with Crippen molar-refractivity contribution in [3.8, 4) is 0 Å². The van der Waals surface area contributed by atoms with Crippen LogP contribution in [0, 0.1) is 0 Å². The van der Waals surface area contributed by atoms with Gasteiger partial charge in [-0.05, 0) is 25.3 Å². The van der Waals surface area contributed by atoms with Gasteiger partial charge in [-0.2, -0.15) is 0 Å². The first-order valence-corrected chi connectivity index (χ1v) is 3.40. The van der Waals surface area contributed by atoms with Crippen LogP contribution in [-0.2, 0) is 0 Å². The SMILES string of the molecule is C=CC1=C(N=C)CNCC1. The van der Waals surface area contributed by atoms with Crippen molar-refractivity contribution < 1.29 is 0 Å². The van der Waals surface area contributed by atoms with E-state index in [0.29, 0.717) is 0 Å². The van der Waals surface area contributed by atoms with E-state index in [4.69, 9.17) is 0 Å². The molecule has 1 rings (SSSR count). The van der Waals surface area contributed by atoms with Crippen molar-refractivity contribution >= 4 is 6.72 Å². The molecule has 0 bridgehead atoms. The molecule has 0 fully saturated rings. The van der Waals surface area contributed by atoms with E-state index in [2.05, 4.69) is 23.6 Å². The molecule has 0 aliphatic carbocycles. The minimum Gasteiger partial charge on any atom is -0.311 e. The Hall–Kier alpha value is -0.890. The van der Waals surface area contributed by atoms with Crippen molar-refractivity contribution in [2.24, 2.45) is 4.99 Å². The highest BCUT2D eigenvalue weighted by atomic mass is 14.9. The fourth-order valence-corrected chi connectivity index (χ4v) is 1.06. The predicted octanol–water partition coefficient (Wildman–Crippen LogP) is 1.12. The third-order valence-electron chi connectivity index (χ3n) is 1.67. The Morgan fingerprint density at radius 3 is 2.90 bits per heavy atom. The molecule has 0 unspecified atom stereocenters. The molecule has 54 valence electrons. The van der Waals surface area contributed by atoms with Gasteiger partial charge < -0.3 is 5.32 Å². The zero-order chi connectivity index (χ0) is 7.40. The van der Waals surface area contributed by atoms with Crippen LogP contribution < -0.4 is 5.32 Å². The van der Waals surface area contributed by atoms with Gasteiger partial charge in [-0.1, -0.05) is 12.7 Å². The van der Waals surface area contributed by atoms with Crippen molar-refractivity contribution in [3.05, 3.63) is 23.9 Å². The zero-order valence-electron chi connectivity index (χ0n) is 6.06. The summed E-state index contributed by atoms with van der Waals surface area (Å²) in [6, 6.07) is 0. The maximum absolute atomic E-state index is 3.90. The Kier molecular flexibility index (Phi) is 2.40. The minimum absolute atomic E-state index is 0.838. The average molecular weight is 136 g/mol. The maximum Gasteiger partial charge on any atom is 0.0566 e. The molecule has 1 N–H and O–H groups in total. The quantitative estimate of drug-likeness (QED) is 0.565. The van der Waals surface area contributed by atoms with E-state index in [0.717, 1.165) is 25.2 Å². The number of allylic oxidation sites excluding steroid dienone is 1. The van der Waals surface area contributed by atoms with Crippen LogP contribution in [0.2, 0.25) is 0 Å².